The molecule has 1 aliphatic rings. The van der Waals surface area contributed by atoms with Gasteiger partial charge in [0, 0.05) is 0 Å². The van der Waals surface area contributed by atoms with Crippen molar-refractivity contribution in [1.29, 1.82) is 0 Å². The van der Waals surface area contributed by atoms with E-state index in [-0.39, 0.29) is 6.04 Å². The molecule has 0 atom stereocenters. The van der Waals surface area contributed by atoms with Gasteiger partial charge in [-0.2, -0.15) is 0 Å². The second-order valence-corrected chi connectivity index (χ2v) is 6.02. The van der Waals surface area contributed by atoms with Crippen LogP contribution < -0.4 is 15.8 Å². The molecule has 2 amide bonds. The minimum Gasteiger partial charge on any atom is -0.497 e. The Morgan fingerprint density at radius 1 is 1.26 bits per heavy atom. The highest BCUT2D eigenvalue weighted by atomic mass is 16.5. The van der Waals surface area contributed by atoms with Crippen LogP contribution in [0.25, 0.3) is 6.08 Å². The van der Waals surface area contributed by atoms with Gasteiger partial charge in [-0.1, -0.05) is 25.1 Å². The van der Waals surface area contributed by atoms with Crippen LogP contribution in [0.2, 0.25) is 0 Å². The zero-order valence-electron chi connectivity index (χ0n) is 13.8. The Kier molecular flexibility index (Phi) is 6.20. The van der Waals surface area contributed by atoms with Gasteiger partial charge in [0.25, 0.3) is 0 Å². The second kappa shape index (κ2) is 8.36. The molecule has 1 aliphatic carbocycles. The summed E-state index contributed by atoms with van der Waals surface area (Å²) in [6, 6.07) is 7.33. The highest BCUT2D eigenvalue weighted by Crippen LogP contribution is 2.25. The Bertz CT molecular complexity index is 570. The average Bonchev–Trinajstić information content (AvgIpc) is 2.55. The summed E-state index contributed by atoms with van der Waals surface area (Å²) in [6.07, 6.45) is 8.17. The molecule has 1 aromatic carbocycles. The highest BCUT2D eigenvalue weighted by Gasteiger charge is 2.17. The molecule has 0 radical (unpaired) electrons. The van der Waals surface area contributed by atoms with Gasteiger partial charge >= 0.3 is 6.03 Å². The van der Waals surface area contributed by atoms with Crippen LogP contribution in [-0.2, 0) is 0 Å². The molecule has 0 bridgehead atoms. The van der Waals surface area contributed by atoms with E-state index in [0.717, 1.165) is 30.1 Å². The Morgan fingerprint density at radius 2 is 1.91 bits per heavy atom. The average molecular weight is 315 g/mol. The molecule has 5 nitrogen and oxygen atoms in total. The van der Waals surface area contributed by atoms with Gasteiger partial charge in [-0.15, -0.1) is 0 Å². The number of amidine groups is 1. The summed E-state index contributed by atoms with van der Waals surface area (Å²) in [5.41, 5.74) is 6.25. The number of primary amides is 1. The summed E-state index contributed by atoms with van der Waals surface area (Å²) >= 11 is 0. The van der Waals surface area contributed by atoms with Gasteiger partial charge in [-0.25, -0.2) is 4.79 Å². The molecule has 0 spiro atoms. The fourth-order valence-electron chi connectivity index (χ4n) is 2.70. The van der Waals surface area contributed by atoms with Crippen molar-refractivity contribution >= 4 is 17.9 Å². The minimum atomic E-state index is -0.590. The molecule has 0 heterocycles. The predicted octanol–water partition coefficient (Wildman–Crippen LogP) is 3.35. The maximum atomic E-state index is 11.2. The lowest BCUT2D eigenvalue weighted by Gasteiger charge is -2.23. The predicted molar refractivity (Wildman–Crippen MR) is 93.6 cm³/mol. The number of amides is 2. The molecular formula is C18H25N3O2. The lowest BCUT2D eigenvalue weighted by atomic mass is 9.88. The zero-order chi connectivity index (χ0) is 16.7. The van der Waals surface area contributed by atoms with E-state index in [2.05, 4.69) is 17.2 Å². The first-order valence-corrected chi connectivity index (χ1v) is 8.03. The summed E-state index contributed by atoms with van der Waals surface area (Å²) in [5, 5.41) is 2.61. The van der Waals surface area contributed by atoms with E-state index in [1.165, 1.54) is 12.8 Å². The smallest absolute Gasteiger partial charge is 0.317 e. The monoisotopic (exact) mass is 315 g/mol. The van der Waals surface area contributed by atoms with Crippen LogP contribution >= 0.6 is 0 Å². The zero-order valence-corrected chi connectivity index (χ0v) is 13.8. The number of methoxy groups -OCH3 is 1. The van der Waals surface area contributed by atoms with Crippen molar-refractivity contribution in [1.82, 2.24) is 5.32 Å². The number of nitrogens with two attached hydrogens (primary N) is 1. The molecule has 0 saturated heterocycles. The number of ether oxygens (including phenoxy) is 1. The van der Waals surface area contributed by atoms with Crippen molar-refractivity contribution in [2.24, 2.45) is 16.6 Å². The number of urea groups is 1. The summed E-state index contributed by atoms with van der Waals surface area (Å²) < 4.78 is 5.14. The number of benzene rings is 1. The standard InChI is InChI=1S/C18H25N3O2/c1-13-3-8-15(9-4-13)20-17(21-18(19)22)12-7-14-5-10-16(23-2)11-6-14/h5-7,10-13,15H,3-4,8-9H2,1-2H3,(H3,19,20,21,22)/b12-7+. The lowest BCUT2D eigenvalue weighted by Crippen LogP contribution is -2.35. The first kappa shape index (κ1) is 17.1. The van der Waals surface area contributed by atoms with Gasteiger partial charge in [-0.3, -0.25) is 10.3 Å². The quantitative estimate of drug-likeness (QED) is 0.660. The molecule has 3 N–H and O–H groups in total. The molecule has 2 rings (SSSR count). The van der Waals surface area contributed by atoms with E-state index in [4.69, 9.17) is 10.5 Å². The van der Waals surface area contributed by atoms with Crippen LogP contribution in [0.4, 0.5) is 4.79 Å². The topological polar surface area (TPSA) is 76.7 Å². The van der Waals surface area contributed by atoms with Crippen LogP contribution in [0.1, 0.15) is 38.2 Å². The molecular weight excluding hydrogens is 290 g/mol. The first-order valence-electron chi connectivity index (χ1n) is 8.03. The number of carbonyl (C=O) groups excluding carboxylic acids is 1. The summed E-state index contributed by atoms with van der Waals surface area (Å²) in [4.78, 5) is 15.8. The van der Waals surface area contributed by atoms with Crippen LogP contribution in [-0.4, -0.2) is 25.0 Å². The molecule has 5 heteroatoms. The number of hydrogen-bond acceptors (Lipinski definition) is 3. The van der Waals surface area contributed by atoms with E-state index in [0.29, 0.717) is 5.84 Å². The van der Waals surface area contributed by atoms with Crippen molar-refractivity contribution in [2.75, 3.05) is 7.11 Å². The number of nitrogens with zero attached hydrogens (tertiary/aromatic N) is 1. The molecule has 1 aromatic rings. The third-order valence-electron chi connectivity index (χ3n) is 4.11. The molecule has 23 heavy (non-hydrogen) atoms. The fraction of sp³-hybridized carbons (Fsp3) is 0.444. The Labute approximate surface area is 137 Å². The maximum Gasteiger partial charge on any atom is 0.317 e. The number of aliphatic imine (C=N–C) groups is 1. The van der Waals surface area contributed by atoms with E-state index < -0.39 is 6.03 Å². The van der Waals surface area contributed by atoms with Crippen molar-refractivity contribution < 1.29 is 9.53 Å². The Morgan fingerprint density at radius 3 is 2.48 bits per heavy atom. The summed E-state index contributed by atoms with van der Waals surface area (Å²) in [5.74, 6) is 2.10. The molecule has 1 fully saturated rings. The van der Waals surface area contributed by atoms with Crippen molar-refractivity contribution in [2.45, 2.75) is 38.6 Å². The molecule has 124 valence electrons. The maximum absolute atomic E-state index is 11.2. The van der Waals surface area contributed by atoms with Gasteiger partial charge < -0.3 is 10.5 Å². The minimum absolute atomic E-state index is 0.258. The third kappa shape index (κ3) is 5.77. The van der Waals surface area contributed by atoms with Crippen LogP contribution in [0.15, 0.2) is 35.3 Å². The molecule has 0 aliphatic heterocycles. The Hall–Kier alpha value is -2.30. The van der Waals surface area contributed by atoms with E-state index in [9.17, 15) is 4.79 Å². The number of carbonyl (C=O) groups is 1. The van der Waals surface area contributed by atoms with Gasteiger partial charge in [-0.05, 0) is 55.4 Å². The highest BCUT2D eigenvalue weighted by molar-refractivity contribution is 6.05. The molecule has 0 aromatic heterocycles. The summed E-state index contributed by atoms with van der Waals surface area (Å²) in [6.45, 7) is 2.27. The second-order valence-electron chi connectivity index (χ2n) is 6.02. The largest absolute Gasteiger partial charge is 0.497 e. The van der Waals surface area contributed by atoms with Gasteiger partial charge in [0.05, 0.1) is 13.2 Å². The van der Waals surface area contributed by atoms with E-state index in [1.54, 1.807) is 13.2 Å². The van der Waals surface area contributed by atoms with E-state index in [1.807, 2.05) is 30.3 Å². The lowest BCUT2D eigenvalue weighted by molar-refractivity contribution is 0.253. The van der Waals surface area contributed by atoms with Gasteiger partial charge in [0.1, 0.15) is 11.6 Å². The van der Waals surface area contributed by atoms with Crippen molar-refractivity contribution in [3.05, 3.63) is 35.9 Å². The molecule has 0 unspecified atom stereocenters. The van der Waals surface area contributed by atoms with Gasteiger partial charge in [0.15, 0.2) is 0 Å². The normalized spacial score (nSPS) is 22.1. The SMILES string of the molecule is COc1ccc(/C=C/C(=NC2CCC(C)CC2)NC(N)=O)cc1. The van der Waals surface area contributed by atoms with Gasteiger partial charge in [0.2, 0.25) is 0 Å². The van der Waals surface area contributed by atoms with Crippen molar-refractivity contribution in [3.63, 3.8) is 0 Å². The van der Waals surface area contributed by atoms with Crippen LogP contribution in [0, 0.1) is 5.92 Å². The van der Waals surface area contributed by atoms with Crippen LogP contribution in [0.3, 0.4) is 0 Å². The molecule has 1 saturated carbocycles. The summed E-state index contributed by atoms with van der Waals surface area (Å²) in [7, 11) is 1.64. The number of nitrogens with one attached hydrogen (secondary N) is 1. The first-order chi connectivity index (χ1) is 11.1. The van der Waals surface area contributed by atoms with Crippen LogP contribution in [0.5, 0.6) is 5.75 Å². The van der Waals surface area contributed by atoms with Crippen molar-refractivity contribution in [3.8, 4) is 5.75 Å². The fourth-order valence-corrected chi connectivity index (χ4v) is 2.70. The number of rotatable bonds is 4. The number of hydrogen-bond donors (Lipinski definition) is 2. The Balaban J connectivity index is 2.07. The third-order valence-corrected chi connectivity index (χ3v) is 4.11. The van der Waals surface area contributed by atoms with E-state index >= 15 is 0 Å².